The predicted octanol–water partition coefficient (Wildman–Crippen LogP) is 3.97. The standard InChI is InChI=1S/C18H15F4N3O/c1-10-13(12-5-2-6-14(19)16(12)24-10)8-15(26)25-17(18(20,21)22)11-4-3-7-23-9-11/h2-7,9,17,24H,8H2,1H3,(H,25,26)/t17-/m0/s1. The molecule has 4 nitrogen and oxygen atoms in total. The minimum absolute atomic E-state index is 0.157. The molecule has 0 aliphatic carbocycles. The van der Waals surface area contributed by atoms with E-state index in [0.717, 1.165) is 6.20 Å². The van der Waals surface area contributed by atoms with Crippen molar-refractivity contribution < 1.29 is 22.4 Å². The van der Waals surface area contributed by atoms with Crippen LogP contribution in [0.1, 0.15) is 22.9 Å². The molecule has 0 saturated carbocycles. The quantitative estimate of drug-likeness (QED) is 0.688. The third-order valence-electron chi connectivity index (χ3n) is 4.09. The van der Waals surface area contributed by atoms with E-state index in [-0.39, 0.29) is 17.5 Å². The van der Waals surface area contributed by atoms with Crippen LogP contribution in [0.25, 0.3) is 10.9 Å². The molecule has 2 aromatic heterocycles. The molecule has 2 N–H and O–H groups in total. The maximum absolute atomic E-state index is 13.8. The zero-order valence-electron chi connectivity index (χ0n) is 13.7. The van der Waals surface area contributed by atoms with Crippen molar-refractivity contribution >= 4 is 16.8 Å². The number of fused-ring (bicyclic) bond motifs is 1. The molecular formula is C18H15F4N3O. The van der Waals surface area contributed by atoms with Crippen molar-refractivity contribution in [2.45, 2.75) is 25.6 Å². The number of para-hydroxylation sites is 1. The number of rotatable bonds is 4. The van der Waals surface area contributed by atoms with Crippen LogP contribution in [0.5, 0.6) is 0 Å². The number of alkyl halides is 3. The summed E-state index contributed by atoms with van der Waals surface area (Å²) >= 11 is 0. The molecule has 1 aromatic carbocycles. The number of aromatic nitrogens is 2. The van der Waals surface area contributed by atoms with Gasteiger partial charge in [-0.2, -0.15) is 13.2 Å². The summed E-state index contributed by atoms with van der Waals surface area (Å²) in [6.07, 6.45) is -2.56. The molecule has 1 atom stereocenters. The van der Waals surface area contributed by atoms with Crippen LogP contribution < -0.4 is 5.32 Å². The minimum atomic E-state index is -4.67. The van der Waals surface area contributed by atoms with E-state index in [4.69, 9.17) is 0 Å². The summed E-state index contributed by atoms with van der Waals surface area (Å²) in [4.78, 5) is 18.8. The average molecular weight is 365 g/mol. The van der Waals surface area contributed by atoms with Crippen LogP contribution in [0, 0.1) is 12.7 Å². The molecule has 0 spiro atoms. The Morgan fingerprint density at radius 3 is 2.69 bits per heavy atom. The van der Waals surface area contributed by atoms with Gasteiger partial charge in [0.15, 0.2) is 6.04 Å². The van der Waals surface area contributed by atoms with Crippen molar-refractivity contribution in [3.63, 3.8) is 0 Å². The maximum atomic E-state index is 13.8. The first-order valence-electron chi connectivity index (χ1n) is 7.79. The number of pyridine rings is 1. The maximum Gasteiger partial charge on any atom is 0.412 e. The predicted molar refractivity (Wildman–Crippen MR) is 87.9 cm³/mol. The molecule has 0 aliphatic heterocycles. The van der Waals surface area contributed by atoms with Crippen molar-refractivity contribution in [1.29, 1.82) is 0 Å². The fraction of sp³-hybridized carbons (Fsp3) is 0.222. The number of benzene rings is 1. The van der Waals surface area contributed by atoms with Gasteiger partial charge in [-0.1, -0.05) is 18.2 Å². The van der Waals surface area contributed by atoms with Crippen LogP contribution in [-0.4, -0.2) is 22.1 Å². The highest BCUT2D eigenvalue weighted by Gasteiger charge is 2.42. The zero-order chi connectivity index (χ0) is 18.9. The normalized spacial score (nSPS) is 13.0. The molecule has 0 bridgehead atoms. The fourth-order valence-electron chi connectivity index (χ4n) is 2.87. The summed E-state index contributed by atoms with van der Waals surface area (Å²) in [5.74, 6) is -1.30. The Labute approximate surface area is 146 Å². The molecule has 3 rings (SSSR count). The summed E-state index contributed by atoms with van der Waals surface area (Å²) in [5, 5.41) is 2.48. The molecule has 0 saturated heterocycles. The van der Waals surface area contributed by atoms with Crippen molar-refractivity contribution in [3.05, 3.63) is 65.4 Å². The van der Waals surface area contributed by atoms with Crippen LogP contribution in [0.3, 0.4) is 0 Å². The molecule has 3 aromatic rings. The lowest BCUT2D eigenvalue weighted by Gasteiger charge is -2.21. The smallest absolute Gasteiger partial charge is 0.356 e. The van der Waals surface area contributed by atoms with Crippen LogP contribution in [0.15, 0.2) is 42.7 Å². The number of amides is 1. The molecular weight excluding hydrogens is 350 g/mol. The van der Waals surface area contributed by atoms with Gasteiger partial charge in [0.2, 0.25) is 5.91 Å². The first-order chi connectivity index (χ1) is 12.3. The number of hydrogen-bond donors (Lipinski definition) is 2. The Balaban J connectivity index is 1.86. The third kappa shape index (κ3) is 3.54. The van der Waals surface area contributed by atoms with E-state index in [0.29, 0.717) is 16.6 Å². The van der Waals surface area contributed by atoms with E-state index in [1.165, 1.54) is 30.5 Å². The largest absolute Gasteiger partial charge is 0.412 e. The fourth-order valence-corrected chi connectivity index (χ4v) is 2.87. The molecule has 2 heterocycles. The van der Waals surface area contributed by atoms with Gasteiger partial charge < -0.3 is 10.3 Å². The van der Waals surface area contributed by atoms with Crippen LogP contribution in [0.4, 0.5) is 17.6 Å². The van der Waals surface area contributed by atoms with Crippen molar-refractivity contribution in [2.24, 2.45) is 0 Å². The highest BCUT2D eigenvalue weighted by molar-refractivity contribution is 5.90. The topological polar surface area (TPSA) is 57.8 Å². The van der Waals surface area contributed by atoms with Crippen molar-refractivity contribution in [2.75, 3.05) is 0 Å². The van der Waals surface area contributed by atoms with Gasteiger partial charge in [0.05, 0.1) is 11.9 Å². The van der Waals surface area contributed by atoms with E-state index in [9.17, 15) is 22.4 Å². The van der Waals surface area contributed by atoms with Crippen LogP contribution in [-0.2, 0) is 11.2 Å². The second-order valence-electron chi connectivity index (χ2n) is 5.90. The number of halogens is 4. The Bertz CT molecular complexity index is 935. The van der Waals surface area contributed by atoms with Crippen molar-refractivity contribution in [3.8, 4) is 0 Å². The molecule has 8 heteroatoms. The lowest BCUT2D eigenvalue weighted by Crippen LogP contribution is -2.39. The second-order valence-corrected chi connectivity index (χ2v) is 5.90. The van der Waals surface area contributed by atoms with E-state index < -0.39 is 23.9 Å². The number of hydrogen-bond acceptors (Lipinski definition) is 2. The lowest BCUT2D eigenvalue weighted by atomic mass is 10.1. The zero-order valence-corrected chi connectivity index (χ0v) is 13.7. The van der Waals surface area contributed by atoms with Crippen molar-refractivity contribution in [1.82, 2.24) is 15.3 Å². The number of carbonyl (C=O) groups is 1. The van der Waals surface area contributed by atoms with Crippen LogP contribution >= 0.6 is 0 Å². The van der Waals surface area contributed by atoms with Gasteiger partial charge in [-0.05, 0) is 24.6 Å². The monoisotopic (exact) mass is 365 g/mol. The van der Waals surface area contributed by atoms with E-state index in [2.05, 4.69) is 9.97 Å². The summed E-state index contributed by atoms with van der Waals surface area (Å²) in [6.45, 7) is 1.64. The molecule has 26 heavy (non-hydrogen) atoms. The second kappa shape index (κ2) is 6.78. The highest BCUT2D eigenvalue weighted by atomic mass is 19.4. The summed E-state index contributed by atoms with van der Waals surface area (Å²) < 4.78 is 53.8. The summed E-state index contributed by atoms with van der Waals surface area (Å²) in [7, 11) is 0. The number of nitrogens with one attached hydrogen (secondary N) is 2. The Morgan fingerprint density at radius 1 is 1.27 bits per heavy atom. The third-order valence-corrected chi connectivity index (χ3v) is 4.09. The summed E-state index contributed by atoms with van der Waals surface area (Å²) in [5.41, 5.74) is 1.07. The number of nitrogens with zero attached hydrogens (tertiary/aromatic N) is 1. The van der Waals surface area contributed by atoms with Gasteiger partial charge in [-0.3, -0.25) is 9.78 Å². The Morgan fingerprint density at radius 2 is 2.04 bits per heavy atom. The van der Waals surface area contributed by atoms with Gasteiger partial charge in [0.25, 0.3) is 0 Å². The van der Waals surface area contributed by atoms with Gasteiger partial charge in [0, 0.05) is 29.0 Å². The van der Waals surface area contributed by atoms with E-state index in [1.54, 1.807) is 13.0 Å². The highest BCUT2D eigenvalue weighted by Crippen LogP contribution is 2.32. The van der Waals surface area contributed by atoms with Crippen LogP contribution in [0.2, 0.25) is 0 Å². The molecule has 1 amide bonds. The lowest BCUT2D eigenvalue weighted by molar-refractivity contribution is -0.163. The van der Waals surface area contributed by atoms with Gasteiger partial charge >= 0.3 is 6.18 Å². The number of aromatic amines is 1. The van der Waals surface area contributed by atoms with Gasteiger partial charge in [-0.15, -0.1) is 0 Å². The Kier molecular flexibility index (Phi) is 4.67. The minimum Gasteiger partial charge on any atom is -0.356 e. The summed E-state index contributed by atoms with van der Waals surface area (Å²) in [6, 6.07) is 4.83. The molecule has 0 radical (unpaired) electrons. The first-order valence-corrected chi connectivity index (χ1v) is 7.79. The molecule has 136 valence electrons. The first kappa shape index (κ1) is 17.9. The van der Waals surface area contributed by atoms with E-state index in [1.807, 2.05) is 5.32 Å². The van der Waals surface area contributed by atoms with Gasteiger partial charge in [0.1, 0.15) is 5.82 Å². The van der Waals surface area contributed by atoms with E-state index >= 15 is 0 Å². The molecule has 0 unspecified atom stereocenters. The molecule has 0 fully saturated rings. The number of H-pyrrole nitrogens is 1. The average Bonchev–Trinajstić information content (AvgIpc) is 2.90. The Hall–Kier alpha value is -2.90. The SMILES string of the molecule is Cc1[nH]c2c(F)cccc2c1CC(=O)N[C@@H](c1cccnc1)C(F)(F)F. The number of carbonyl (C=O) groups excluding carboxylic acids is 1. The number of aryl methyl sites for hydroxylation is 1. The van der Waals surface area contributed by atoms with Gasteiger partial charge in [-0.25, -0.2) is 4.39 Å². The molecule has 0 aliphatic rings.